The number of carbonyl (C=O) groups excluding carboxylic acids is 1. The molecule has 5 nitrogen and oxygen atoms in total. The van der Waals surface area contributed by atoms with Gasteiger partial charge >= 0.3 is 0 Å². The van der Waals surface area contributed by atoms with Crippen molar-refractivity contribution >= 4 is 29.2 Å². The molecule has 1 amide bonds. The molecule has 1 fully saturated rings. The summed E-state index contributed by atoms with van der Waals surface area (Å²) in [7, 11) is 0. The van der Waals surface area contributed by atoms with E-state index in [0.29, 0.717) is 17.6 Å². The van der Waals surface area contributed by atoms with E-state index in [1.54, 1.807) is 6.33 Å². The Kier molecular flexibility index (Phi) is 6.37. The van der Waals surface area contributed by atoms with Crippen molar-refractivity contribution in [1.29, 1.82) is 0 Å². The smallest absolute Gasteiger partial charge is 0.234 e. The molecule has 27 heavy (non-hydrogen) atoms. The van der Waals surface area contributed by atoms with Gasteiger partial charge in [-0.1, -0.05) is 43.8 Å². The third-order valence-electron chi connectivity index (χ3n) is 4.92. The van der Waals surface area contributed by atoms with Crippen LogP contribution in [-0.4, -0.2) is 34.7 Å². The number of hydrogen-bond acceptors (Lipinski definition) is 5. The molecule has 2 aromatic rings. The molecule has 0 saturated carbocycles. The predicted octanol–water partition coefficient (Wildman–Crippen LogP) is 4.31. The van der Waals surface area contributed by atoms with Gasteiger partial charge in [-0.2, -0.15) is 0 Å². The number of carbonyl (C=O) groups is 1. The number of rotatable bonds is 5. The first-order chi connectivity index (χ1) is 12.9. The lowest BCUT2D eigenvalue weighted by Gasteiger charge is -2.35. The molecule has 0 radical (unpaired) electrons. The molecule has 1 aliphatic rings. The Hall–Kier alpha value is -2.08. The van der Waals surface area contributed by atoms with Gasteiger partial charge in [0.15, 0.2) is 0 Å². The zero-order valence-electron chi connectivity index (χ0n) is 16.5. The minimum Gasteiger partial charge on any atom is -0.356 e. The lowest BCUT2D eigenvalue weighted by molar-refractivity contribution is -0.113. The van der Waals surface area contributed by atoms with Crippen molar-refractivity contribution in [2.75, 3.05) is 29.1 Å². The van der Waals surface area contributed by atoms with Crippen LogP contribution in [0.5, 0.6) is 0 Å². The number of anilines is 2. The van der Waals surface area contributed by atoms with Gasteiger partial charge in [-0.25, -0.2) is 9.97 Å². The lowest BCUT2D eigenvalue weighted by Crippen LogP contribution is -2.39. The maximum atomic E-state index is 12.4. The largest absolute Gasteiger partial charge is 0.356 e. The van der Waals surface area contributed by atoms with Gasteiger partial charge < -0.3 is 10.2 Å². The van der Waals surface area contributed by atoms with E-state index in [1.165, 1.54) is 18.2 Å². The van der Waals surface area contributed by atoms with Crippen molar-refractivity contribution in [3.63, 3.8) is 0 Å². The highest BCUT2D eigenvalue weighted by molar-refractivity contribution is 7.99. The number of piperidine rings is 1. The summed E-state index contributed by atoms with van der Waals surface area (Å²) in [5, 5.41) is 3.86. The van der Waals surface area contributed by atoms with E-state index in [2.05, 4.69) is 34.0 Å². The summed E-state index contributed by atoms with van der Waals surface area (Å²) in [5.41, 5.74) is 3.06. The van der Waals surface area contributed by atoms with E-state index >= 15 is 0 Å². The number of nitrogens with zero attached hydrogens (tertiary/aromatic N) is 3. The molecule has 0 aliphatic carbocycles. The summed E-state index contributed by atoms with van der Waals surface area (Å²) < 4.78 is 0. The molecule has 3 rings (SSSR count). The number of amides is 1. The minimum absolute atomic E-state index is 0.0159. The number of hydrogen-bond donors (Lipinski definition) is 1. The summed E-state index contributed by atoms with van der Waals surface area (Å²) in [6.07, 6.45) is 2.87. The first-order valence-electron chi connectivity index (χ1n) is 9.48. The molecule has 1 aromatic heterocycles. The Morgan fingerprint density at radius 1 is 1.19 bits per heavy atom. The van der Waals surface area contributed by atoms with Crippen LogP contribution in [0.2, 0.25) is 0 Å². The Morgan fingerprint density at radius 2 is 1.85 bits per heavy atom. The normalized spacial score (nSPS) is 19.8. The van der Waals surface area contributed by atoms with E-state index in [9.17, 15) is 4.79 Å². The Morgan fingerprint density at radius 3 is 2.52 bits per heavy atom. The molecule has 1 aliphatic heterocycles. The zero-order valence-corrected chi connectivity index (χ0v) is 17.3. The second-order valence-electron chi connectivity index (χ2n) is 7.67. The van der Waals surface area contributed by atoms with E-state index < -0.39 is 0 Å². The van der Waals surface area contributed by atoms with E-state index in [-0.39, 0.29) is 5.91 Å². The van der Waals surface area contributed by atoms with Crippen molar-refractivity contribution in [2.45, 2.75) is 39.1 Å². The van der Waals surface area contributed by atoms with E-state index in [1.807, 2.05) is 38.1 Å². The summed E-state index contributed by atoms with van der Waals surface area (Å²) >= 11 is 1.45. The fourth-order valence-electron chi connectivity index (χ4n) is 3.76. The monoisotopic (exact) mass is 384 g/mol. The first-order valence-corrected chi connectivity index (χ1v) is 10.5. The molecule has 1 N–H and O–H groups in total. The molecule has 0 spiro atoms. The van der Waals surface area contributed by atoms with Crippen molar-refractivity contribution in [1.82, 2.24) is 9.97 Å². The molecular formula is C21H28N4OS. The van der Waals surface area contributed by atoms with Gasteiger partial charge in [0.05, 0.1) is 5.75 Å². The van der Waals surface area contributed by atoms with Crippen LogP contribution in [0, 0.1) is 25.7 Å². The fraction of sp³-hybridized carbons (Fsp3) is 0.476. The fourth-order valence-corrected chi connectivity index (χ4v) is 4.42. The number of para-hydroxylation sites is 1. The summed E-state index contributed by atoms with van der Waals surface area (Å²) in [6, 6.07) is 8.02. The quantitative estimate of drug-likeness (QED) is 0.615. The second-order valence-corrected chi connectivity index (χ2v) is 8.66. The van der Waals surface area contributed by atoms with Crippen molar-refractivity contribution in [2.24, 2.45) is 11.8 Å². The molecule has 0 bridgehead atoms. The number of nitrogens with one attached hydrogen (secondary N) is 1. The Balaban J connectivity index is 1.60. The molecule has 2 heterocycles. The second kappa shape index (κ2) is 8.74. The van der Waals surface area contributed by atoms with Crippen molar-refractivity contribution in [3.05, 3.63) is 41.7 Å². The van der Waals surface area contributed by atoms with Gasteiger partial charge in [0.2, 0.25) is 5.91 Å². The van der Waals surface area contributed by atoms with Crippen LogP contribution in [0.15, 0.2) is 35.6 Å². The van der Waals surface area contributed by atoms with E-state index in [0.717, 1.165) is 40.7 Å². The summed E-state index contributed by atoms with van der Waals surface area (Å²) in [6.45, 7) is 10.6. The maximum Gasteiger partial charge on any atom is 0.234 e. The van der Waals surface area contributed by atoms with Gasteiger partial charge in [-0.15, -0.1) is 0 Å². The van der Waals surface area contributed by atoms with Crippen LogP contribution >= 0.6 is 11.8 Å². The van der Waals surface area contributed by atoms with Gasteiger partial charge in [0, 0.05) is 24.8 Å². The average molecular weight is 385 g/mol. The van der Waals surface area contributed by atoms with Crippen LogP contribution in [0.4, 0.5) is 11.5 Å². The van der Waals surface area contributed by atoms with Gasteiger partial charge in [0.25, 0.3) is 0 Å². The number of benzene rings is 1. The highest BCUT2D eigenvalue weighted by atomic mass is 32.2. The van der Waals surface area contributed by atoms with Gasteiger partial charge in [-0.3, -0.25) is 4.79 Å². The molecule has 6 heteroatoms. The molecule has 1 saturated heterocycles. The van der Waals surface area contributed by atoms with Crippen LogP contribution in [-0.2, 0) is 4.79 Å². The first kappa shape index (κ1) is 19.7. The van der Waals surface area contributed by atoms with Crippen LogP contribution in [0.25, 0.3) is 0 Å². The molecule has 1 aromatic carbocycles. The number of aryl methyl sites for hydroxylation is 2. The average Bonchev–Trinajstić information content (AvgIpc) is 2.63. The Labute approximate surface area is 166 Å². The maximum absolute atomic E-state index is 12.4. The minimum atomic E-state index is -0.0159. The third-order valence-corrected chi connectivity index (χ3v) is 5.84. The predicted molar refractivity (Wildman–Crippen MR) is 112 cm³/mol. The third kappa shape index (κ3) is 5.22. The lowest BCUT2D eigenvalue weighted by atomic mass is 9.92. The van der Waals surface area contributed by atoms with Crippen LogP contribution in [0.3, 0.4) is 0 Å². The summed E-state index contributed by atoms with van der Waals surface area (Å²) in [4.78, 5) is 23.5. The number of thioether (sulfide) groups is 1. The highest BCUT2D eigenvalue weighted by Gasteiger charge is 2.23. The van der Waals surface area contributed by atoms with Gasteiger partial charge in [0.1, 0.15) is 17.2 Å². The molecular weight excluding hydrogens is 356 g/mol. The van der Waals surface area contributed by atoms with Crippen molar-refractivity contribution < 1.29 is 4.79 Å². The summed E-state index contributed by atoms with van der Waals surface area (Å²) in [5.74, 6) is 2.61. The van der Waals surface area contributed by atoms with Crippen LogP contribution < -0.4 is 10.2 Å². The SMILES string of the molecule is Cc1cccc(C)c1NC(=O)CSc1cc(N2C[C@H](C)C[C@H](C)C2)ncn1. The molecule has 144 valence electrons. The van der Waals surface area contributed by atoms with Crippen molar-refractivity contribution in [3.8, 4) is 0 Å². The number of aromatic nitrogens is 2. The van der Waals surface area contributed by atoms with Gasteiger partial charge in [-0.05, 0) is 43.2 Å². The topological polar surface area (TPSA) is 58.1 Å². The molecule has 2 atom stereocenters. The highest BCUT2D eigenvalue weighted by Crippen LogP contribution is 2.27. The van der Waals surface area contributed by atoms with Crippen LogP contribution in [0.1, 0.15) is 31.4 Å². The zero-order chi connectivity index (χ0) is 19.4. The Bertz CT molecular complexity index is 780. The standard InChI is InChI=1S/C21H28N4OS/c1-14-8-15(2)11-25(10-14)18-9-20(23-13-22-18)27-12-19(26)24-21-16(3)6-5-7-17(21)4/h5-7,9,13-15H,8,10-12H2,1-4H3,(H,24,26)/t14-,15+. The van der Waals surface area contributed by atoms with E-state index in [4.69, 9.17) is 0 Å². The molecule has 0 unspecified atom stereocenters.